The highest BCUT2D eigenvalue weighted by molar-refractivity contribution is 6.03. The molecule has 0 saturated carbocycles. The average Bonchev–Trinajstić information content (AvgIpc) is 3.14. The molecule has 2 aromatic heterocycles. The first-order chi connectivity index (χ1) is 14.9. The number of fused-ring (bicyclic) bond motifs is 1. The second-order valence-corrected chi connectivity index (χ2v) is 7.82. The van der Waals surface area contributed by atoms with E-state index >= 15 is 0 Å². The third kappa shape index (κ3) is 4.44. The number of ether oxygens (including phenoxy) is 1. The maximum Gasteiger partial charge on any atom is 0.256 e. The molecule has 3 aromatic rings. The Morgan fingerprint density at radius 1 is 1.13 bits per heavy atom. The fourth-order valence-electron chi connectivity index (χ4n) is 3.97. The number of morpholine rings is 1. The number of rotatable bonds is 5. The molecular weight excluding hydrogens is 394 g/mol. The fraction of sp³-hybridized carbons (Fsp3) is 0.391. The smallest absolute Gasteiger partial charge is 0.256 e. The minimum Gasteiger partial charge on any atom is -0.378 e. The number of nitrogens with zero attached hydrogens (tertiary/aromatic N) is 4. The lowest BCUT2D eigenvalue weighted by atomic mass is 10.1. The first-order valence-electron chi connectivity index (χ1n) is 10.5. The van der Waals surface area contributed by atoms with Gasteiger partial charge in [-0.2, -0.15) is 5.10 Å². The van der Waals surface area contributed by atoms with E-state index in [1.165, 1.54) is 0 Å². The predicted molar refractivity (Wildman–Crippen MR) is 117 cm³/mol. The van der Waals surface area contributed by atoms with E-state index in [-0.39, 0.29) is 18.2 Å². The third-order valence-corrected chi connectivity index (χ3v) is 5.62. The van der Waals surface area contributed by atoms with Gasteiger partial charge >= 0.3 is 0 Å². The van der Waals surface area contributed by atoms with Gasteiger partial charge < -0.3 is 15.0 Å². The Hall–Kier alpha value is -3.26. The van der Waals surface area contributed by atoms with Crippen molar-refractivity contribution in [3.8, 4) is 0 Å². The number of benzene rings is 1. The highest BCUT2D eigenvalue weighted by atomic mass is 16.5. The monoisotopic (exact) mass is 421 g/mol. The molecule has 0 unspecified atom stereocenters. The van der Waals surface area contributed by atoms with Gasteiger partial charge in [0.05, 0.1) is 30.2 Å². The van der Waals surface area contributed by atoms with E-state index in [9.17, 15) is 9.59 Å². The van der Waals surface area contributed by atoms with Crippen LogP contribution in [0, 0.1) is 20.8 Å². The first-order valence-corrected chi connectivity index (χ1v) is 10.5. The van der Waals surface area contributed by atoms with E-state index in [0.717, 1.165) is 28.3 Å². The van der Waals surface area contributed by atoms with E-state index in [2.05, 4.69) is 15.4 Å². The maximum atomic E-state index is 12.9. The molecule has 0 aliphatic carbocycles. The molecule has 1 aromatic carbocycles. The zero-order valence-electron chi connectivity index (χ0n) is 18.1. The summed E-state index contributed by atoms with van der Waals surface area (Å²) in [5.74, 6) is -0.229. The van der Waals surface area contributed by atoms with Gasteiger partial charge in [-0.3, -0.25) is 9.59 Å². The Morgan fingerprint density at radius 2 is 1.87 bits per heavy atom. The number of hydrogen-bond acceptors (Lipinski definition) is 5. The Morgan fingerprint density at radius 3 is 2.65 bits per heavy atom. The molecule has 8 heteroatoms. The number of carbonyl (C=O) groups is 2. The topological polar surface area (TPSA) is 88.8 Å². The van der Waals surface area contributed by atoms with E-state index in [1.807, 2.05) is 43.5 Å². The van der Waals surface area contributed by atoms with Gasteiger partial charge in [0.25, 0.3) is 5.91 Å². The molecule has 8 nitrogen and oxygen atoms in total. The molecule has 1 fully saturated rings. The maximum absolute atomic E-state index is 12.9. The van der Waals surface area contributed by atoms with Crippen LogP contribution in [0.5, 0.6) is 0 Å². The highest BCUT2D eigenvalue weighted by Gasteiger charge is 2.21. The lowest BCUT2D eigenvalue weighted by Crippen LogP contribution is -2.41. The second-order valence-electron chi connectivity index (χ2n) is 7.82. The van der Waals surface area contributed by atoms with Crippen LogP contribution in [-0.2, 0) is 16.0 Å². The minimum atomic E-state index is -0.141. The molecule has 4 rings (SSSR count). The summed E-state index contributed by atoms with van der Waals surface area (Å²) in [7, 11) is 0. The molecular formula is C23H27N5O3. The predicted octanol–water partition coefficient (Wildman–Crippen LogP) is 2.70. The van der Waals surface area contributed by atoms with Crippen molar-refractivity contribution in [2.24, 2.45) is 0 Å². The number of para-hydroxylation sites is 1. The molecule has 1 aliphatic heterocycles. The van der Waals surface area contributed by atoms with Crippen molar-refractivity contribution >= 4 is 23.1 Å². The molecule has 2 amide bonds. The van der Waals surface area contributed by atoms with Crippen LogP contribution < -0.4 is 5.32 Å². The SMILES string of the molecule is Cc1cc2nc(C)c(CCC(=O)Nc3ccccc3C(=O)N3CCOCC3)c(C)n2n1. The highest BCUT2D eigenvalue weighted by Crippen LogP contribution is 2.20. The van der Waals surface area contributed by atoms with Gasteiger partial charge in [0, 0.05) is 37.0 Å². The van der Waals surface area contributed by atoms with Crippen LogP contribution in [0.3, 0.4) is 0 Å². The summed E-state index contributed by atoms with van der Waals surface area (Å²) in [5.41, 5.74) is 5.67. The number of hydrogen-bond donors (Lipinski definition) is 1. The standard InChI is InChI=1S/C23H27N5O3/c1-15-14-21-24-16(2)18(17(3)28(21)26-15)8-9-22(29)25-20-7-5-4-6-19(20)23(30)27-10-12-31-13-11-27/h4-7,14H,8-13H2,1-3H3,(H,25,29). The fourth-order valence-corrected chi connectivity index (χ4v) is 3.97. The molecule has 162 valence electrons. The van der Waals surface area contributed by atoms with Crippen molar-refractivity contribution in [2.45, 2.75) is 33.6 Å². The van der Waals surface area contributed by atoms with Gasteiger partial charge in [-0.25, -0.2) is 9.50 Å². The van der Waals surface area contributed by atoms with Gasteiger partial charge in [-0.1, -0.05) is 12.1 Å². The van der Waals surface area contributed by atoms with Crippen molar-refractivity contribution in [3.63, 3.8) is 0 Å². The van der Waals surface area contributed by atoms with Crippen molar-refractivity contribution < 1.29 is 14.3 Å². The Balaban J connectivity index is 1.46. The normalized spacial score (nSPS) is 14.1. The van der Waals surface area contributed by atoms with Gasteiger partial charge in [-0.15, -0.1) is 0 Å². The van der Waals surface area contributed by atoms with E-state index in [1.54, 1.807) is 17.0 Å². The van der Waals surface area contributed by atoms with Crippen LogP contribution >= 0.6 is 0 Å². The molecule has 0 atom stereocenters. The average molecular weight is 422 g/mol. The number of aryl methyl sites for hydroxylation is 3. The Bertz CT molecular complexity index is 1130. The number of amides is 2. The van der Waals surface area contributed by atoms with Crippen molar-refractivity contribution in [1.29, 1.82) is 0 Å². The number of anilines is 1. The minimum absolute atomic E-state index is 0.0883. The van der Waals surface area contributed by atoms with Crippen LogP contribution in [0.15, 0.2) is 30.3 Å². The molecule has 0 radical (unpaired) electrons. The van der Waals surface area contributed by atoms with Crippen molar-refractivity contribution in [1.82, 2.24) is 19.5 Å². The molecule has 1 N–H and O–H groups in total. The quantitative estimate of drug-likeness (QED) is 0.684. The van der Waals surface area contributed by atoms with E-state index < -0.39 is 0 Å². The molecule has 3 heterocycles. The Labute approximate surface area is 181 Å². The molecule has 1 saturated heterocycles. The van der Waals surface area contributed by atoms with Crippen molar-refractivity contribution in [3.05, 3.63) is 58.5 Å². The summed E-state index contributed by atoms with van der Waals surface area (Å²) >= 11 is 0. The van der Waals surface area contributed by atoms with Crippen LogP contribution in [-0.4, -0.2) is 57.6 Å². The Kier molecular flexibility index (Phi) is 5.99. The summed E-state index contributed by atoms with van der Waals surface area (Å²) in [5, 5.41) is 7.41. The zero-order chi connectivity index (χ0) is 22.0. The second kappa shape index (κ2) is 8.85. The molecule has 1 aliphatic rings. The van der Waals surface area contributed by atoms with Gasteiger partial charge in [0.15, 0.2) is 5.65 Å². The first kappa shape index (κ1) is 21.0. The van der Waals surface area contributed by atoms with Gasteiger partial charge in [-0.05, 0) is 44.9 Å². The largest absolute Gasteiger partial charge is 0.378 e. The van der Waals surface area contributed by atoms with Gasteiger partial charge in [0.2, 0.25) is 5.91 Å². The molecule has 31 heavy (non-hydrogen) atoms. The van der Waals surface area contributed by atoms with Crippen LogP contribution in [0.2, 0.25) is 0 Å². The lowest BCUT2D eigenvalue weighted by molar-refractivity contribution is -0.116. The van der Waals surface area contributed by atoms with Crippen LogP contribution in [0.1, 0.15) is 39.4 Å². The van der Waals surface area contributed by atoms with Crippen LogP contribution in [0.25, 0.3) is 5.65 Å². The summed E-state index contributed by atoms with van der Waals surface area (Å²) in [6.45, 7) is 8.08. The summed E-state index contributed by atoms with van der Waals surface area (Å²) in [4.78, 5) is 32.0. The lowest BCUT2D eigenvalue weighted by Gasteiger charge is -2.27. The van der Waals surface area contributed by atoms with Gasteiger partial charge in [0.1, 0.15) is 0 Å². The summed E-state index contributed by atoms with van der Waals surface area (Å²) in [6.07, 6.45) is 0.833. The van der Waals surface area contributed by atoms with E-state index in [4.69, 9.17) is 4.74 Å². The number of carbonyl (C=O) groups excluding carboxylic acids is 2. The van der Waals surface area contributed by atoms with Crippen molar-refractivity contribution in [2.75, 3.05) is 31.6 Å². The molecule has 0 bridgehead atoms. The summed E-state index contributed by atoms with van der Waals surface area (Å²) < 4.78 is 7.15. The number of nitrogens with one attached hydrogen (secondary N) is 1. The zero-order valence-corrected chi connectivity index (χ0v) is 18.1. The molecule has 0 spiro atoms. The third-order valence-electron chi connectivity index (χ3n) is 5.62. The number of aromatic nitrogens is 3. The summed E-state index contributed by atoms with van der Waals surface area (Å²) in [6, 6.07) is 9.08. The van der Waals surface area contributed by atoms with E-state index in [0.29, 0.717) is 44.0 Å². The van der Waals surface area contributed by atoms with Crippen LogP contribution in [0.4, 0.5) is 5.69 Å².